The summed E-state index contributed by atoms with van der Waals surface area (Å²) in [6.07, 6.45) is 5.59. The van der Waals surface area contributed by atoms with Gasteiger partial charge in [0.2, 0.25) is 0 Å². The van der Waals surface area contributed by atoms with E-state index in [1.807, 2.05) is 0 Å². The Bertz CT molecular complexity index is 193. The largest absolute Gasteiger partial charge is 0.329 e. The number of nitrogens with two attached hydrogens (primary N) is 1. The van der Waals surface area contributed by atoms with Gasteiger partial charge in [-0.15, -0.1) is 0 Å². The second-order valence-corrected chi connectivity index (χ2v) is 5.57. The molecule has 3 nitrogen and oxygen atoms in total. The van der Waals surface area contributed by atoms with E-state index < -0.39 is 0 Å². The third kappa shape index (κ3) is 3.19. The molecule has 2 rings (SSSR count). The molecule has 16 heavy (non-hydrogen) atoms. The standard InChI is InChI=1S/C13H27N3/c1-12(10-14)16-8-4-13(5-9-16)11-15-6-2-3-7-15/h12-13H,2-11,14H2,1H3. The first-order chi connectivity index (χ1) is 7.79. The summed E-state index contributed by atoms with van der Waals surface area (Å²) in [5.74, 6) is 0.944. The van der Waals surface area contributed by atoms with E-state index in [9.17, 15) is 0 Å². The van der Waals surface area contributed by atoms with Crippen molar-refractivity contribution >= 4 is 0 Å². The maximum absolute atomic E-state index is 5.72. The number of nitrogens with zero attached hydrogens (tertiary/aromatic N) is 2. The van der Waals surface area contributed by atoms with Gasteiger partial charge in [-0.1, -0.05) is 0 Å². The Hall–Kier alpha value is -0.120. The van der Waals surface area contributed by atoms with Gasteiger partial charge in [0.05, 0.1) is 0 Å². The minimum Gasteiger partial charge on any atom is -0.329 e. The Balaban J connectivity index is 1.68. The first kappa shape index (κ1) is 12.3. The van der Waals surface area contributed by atoms with Crippen molar-refractivity contribution in [3.05, 3.63) is 0 Å². The summed E-state index contributed by atoms with van der Waals surface area (Å²) in [5, 5.41) is 0. The topological polar surface area (TPSA) is 32.5 Å². The maximum atomic E-state index is 5.72. The zero-order valence-corrected chi connectivity index (χ0v) is 10.7. The normalized spacial score (nSPS) is 27.4. The van der Waals surface area contributed by atoms with Gasteiger partial charge in [0.15, 0.2) is 0 Å². The fourth-order valence-corrected chi connectivity index (χ4v) is 3.06. The molecule has 0 saturated carbocycles. The third-order valence-electron chi connectivity index (χ3n) is 4.33. The van der Waals surface area contributed by atoms with E-state index in [2.05, 4.69) is 16.7 Å². The summed E-state index contributed by atoms with van der Waals surface area (Å²) in [6.45, 7) is 9.62. The van der Waals surface area contributed by atoms with Gasteiger partial charge in [-0.2, -0.15) is 0 Å². The van der Waals surface area contributed by atoms with Crippen molar-refractivity contribution in [2.75, 3.05) is 39.3 Å². The van der Waals surface area contributed by atoms with Crippen LogP contribution < -0.4 is 5.73 Å². The molecule has 0 aromatic heterocycles. The summed E-state index contributed by atoms with van der Waals surface area (Å²) in [7, 11) is 0. The number of piperidine rings is 1. The van der Waals surface area contributed by atoms with Gasteiger partial charge in [-0.3, -0.25) is 4.90 Å². The predicted octanol–water partition coefficient (Wildman–Crippen LogP) is 1.14. The van der Waals surface area contributed by atoms with Crippen LogP contribution in [0.15, 0.2) is 0 Å². The third-order valence-corrected chi connectivity index (χ3v) is 4.33. The zero-order valence-electron chi connectivity index (χ0n) is 10.7. The average Bonchev–Trinajstić information content (AvgIpc) is 2.82. The Morgan fingerprint density at radius 3 is 2.31 bits per heavy atom. The van der Waals surface area contributed by atoms with Crippen molar-refractivity contribution in [2.24, 2.45) is 11.7 Å². The SMILES string of the molecule is CC(CN)N1CCC(CN2CCCC2)CC1. The van der Waals surface area contributed by atoms with Gasteiger partial charge in [-0.25, -0.2) is 0 Å². The molecule has 94 valence electrons. The summed E-state index contributed by atoms with van der Waals surface area (Å²) in [6, 6.07) is 0.577. The molecule has 0 bridgehead atoms. The summed E-state index contributed by atoms with van der Waals surface area (Å²) >= 11 is 0. The smallest absolute Gasteiger partial charge is 0.0190 e. The van der Waals surface area contributed by atoms with E-state index >= 15 is 0 Å². The highest BCUT2D eigenvalue weighted by Crippen LogP contribution is 2.21. The lowest BCUT2D eigenvalue weighted by atomic mass is 9.95. The van der Waals surface area contributed by atoms with Gasteiger partial charge >= 0.3 is 0 Å². The second-order valence-electron chi connectivity index (χ2n) is 5.57. The highest BCUT2D eigenvalue weighted by atomic mass is 15.2. The maximum Gasteiger partial charge on any atom is 0.0190 e. The monoisotopic (exact) mass is 225 g/mol. The molecule has 2 aliphatic heterocycles. The number of rotatable bonds is 4. The van der Waals surface area contributed by atoms with E-state index in [1.165, 1.54) is 58.4 Å². The summed E-state index contributed by atoms with van der Waals surface area (Å²) in [5.41, 5.74) is 5.72. The van der Waals surface area contributed by atoms with Crippen LogP contribution in [-0.4, -0.2) is 55.1 Å². The molecule has 2 aliphatic rings. The number of hydrogen-bond acceptors (Lipinski definition) is 3. The van der Waals surface area contributed by atoms with Crippen LogP contribution in [0.1, 0.15) is 32.6 Å². The molecule has 2 saturated heterocycles. The van der Waals surface area contributed by atoms with Gasteiger partial charge < -0.3 is 10.6 Å². The molecule has 0 radical (unpaired) electrons. The van der Waals surface area contributed by atoms with Crippen LogP contribution in [0.3, 0.4) is 0 Å². The highest BCUT2D eigenvalue weighted by Gasteiger charge is 2.24. The summed E-state index contributed by atoms with van der Waals surface area (Å²) < 4.78 is 0. The van der Waals surface area contributed by atoms with Crippen molar-refractivity contribution < 1.29 is 0 Å². The zero-order chi connectivity index (χ0) is 11.4. The van der Waals surface area contributed by atoms with E-state index in [-0.39, 0.29) is 0 Å². The van der Waals surface area contributed by atoms with E-state index in [4.69, 9.17) is 5.73 Å². The lowest BCUT2D eigenvalue weighted by Gasteiger charge is -2.36. The van der Waals surface area contributed by atoms with Crippen LogP contribution >= 0.6 is 0 Å². The molecule has 2 heterocycles. The van der Waals surface area contributed by atoms with Crippen LogP contribution in [-0.2, 0) is 0 Å². The molecule has 0 aromatic carbocycles. The number of likely N-dealkylation sites (tertiary alicyclic amines) is 2. The molecule has 3 heteroatoms. The average molecular weight is 225 g/mol. The minimum absolute atomic E-state index is 0.577. The van der Waals surface area contributed by atoms with Crippen molar-refractivity contribution in [1.82, 2.24) is 9.80 Å². The Labute approximate surface area is 100.0 Å². The van der Waals surface area contributed by atoms with Gasteiger partial charge in [0.25, 0.3) is 0 Å². The quantitative estimate of drug-likeness (QED) is 0.779. The lowest BCUT2D eigenvalue weighted by molar-refractivity contribution is 0.125. The predicted molar refractivity (Wildman–Crippen MR) is 68.5 cm³/mol. The van der Waals surface area contributed by atoms with Crippen molar-refractivity contribution in [2.45, 2.75) is 38.6 Å². The van der Waals surface area contributed by atoms with E-state index in [0.29, 0.717) is 6.04 Å². The van der Waals surface area contributed by atoms with Crippen LogP contribution in [0.4, 0.5) is 0 Å². The Morgan fingerprint density at radius 2 is 1.75 bits per heavy atom. The first-order valence-electron chi connectivity index (χ1n) is 6.96. The molecular formula is C13H27N3. The molecule has 1 unspecified atom stereocenters. The van der Waals surface area contributed by atoms with Crippen LogP contribution in [0.2, 0.25) is 0 Å². The van der Waals surface area contributed by atoms with Crippen LogP contribution in [0.5, 0.6) is 0 Å². The first-order valence-corrected chi connectivity index (χ1v) is 6.96. The van der Waals surface area contributed by atoms with Crippen LogP contribution in [0, 0.1) is 5.92 Å². The lowest BCUT2D eigenvalue weighted by Crippen LogP contribution is -2.45. The van der Waals surface area contributed by atoms with Gasteiger partial charge in [0.1, 0.15) is 0 Å². The summed E-state index contributed by atoms with van der Waals surface area (Å²) in [4.78, 5) is 5.22. The fourth-order valence-electron chi connectivity index (χ4n) is 3.06. The number of hydrogen-bond donors (Lipinski definition) is 1. The van der Waals surface area contributed by atoms with Gasteiger partial charge in [0, 0.05) is 19.1 Å². The molecular weight excluding hydrogens is 198 g/mol. The van der Waals surface area contributed by atoms with Crippen molar-refractivity contribution in [3.8, 4) is 0 Å². The van der Waals surface area contributed by atoms with Crippen molar-refractivity contribution in [1.29, 1.82) is 0 Å². The molecule has 0 aromatic rings. The minimum atomic E-state index is 0.577. The molecule has 0 amide bonds. The second kappa shape index (κ2) is 5.99. The van der Waals surface area contributed by atoms with E-state index in [0.717, 1.165) is 12.5 Å². The Kier molecular flexibility index (Phi) is 4.62. The molecule has 2 N–H and O–H groups in total. The molecule has 1 atom stereocenters. The van der Waals surface area contributed by atoms with Crippen molar-refractivity contribution in [3.63, 3.8) is 0 Å². The molecule has 2 fully saturated rings. The molecule has 0 aliphatic carbocycles. The van der Waals surface area contributed by atoms with Gasteiger partial charge in [-0.05, 0) is 64.7 Å². The fraction of sp³-hybridized carbons (Fsp3) is 1.00. The molecule has 0 spiro atoms. The van der Waals surface area contributed by atoms with Crippen LogP contribution in [0.25, 0.3) is 0 Å². The highest BCUT2D eigenvalue weighted by molar-refractivity contribution is 4.79. The van der Waals surface area contributed by atoms with E-state index in [1.54, 1.807) is 0 Å². The Morgan fingerprint density at radius 1 is 1.12 bits per heavy atom.